The average Bonchev–Trinajstić information content (AvgIpc) is 2.66. The fourth-order valence-electron chi connectivity index (χ4n) is 2.46. The molecule has 1 aromatic heterocycles. The molecule has 0 bridgehead atoms. The van der Waals surface area contributed by atoms with E-state index in [-0.39, 0.29) is 24.1 Å². The van der Waals surface area contributed by atoms with Gasteiger partial charge in [0, 0.05) is 18.8 Å². The van der Waals surface area contributed by atoms with Gasteiger partial charge in [-0.2, -0.15) is 0 Å². The Morgan fingerprint density at radius 1 is 1.12 bits per heavy atom. The van der Waals surface area contributed by atoms with E-state index in [1.807, 2.05) is 31.2 Å². The van der Waals surface area contributed by atoms with E-state index in [2.05, 4.69) is 15.6 Å². The number of hydrogen-bond donors (Lipinski definition) is 4. The van der Waals surface area contributed by atoms with Crippen molar-refractivity contribution in [1.82, 2.24) is 15.6 Å². The Morgan fingerprint density at radius 2 is 1.77 bits per heavy atom. The summed E-state index contributed by atoms with van der Waals surface area (Å²) in [5.74, 6) is -1.18. The molecule has 1 heterocycles. The first-order chi connectivity index (χ1) is 12.4. The number of rotatable bonds is 8. The van der Waals surface area contributed by atoms with Gasteiger partial charge in [-0.3, -0.25) is 15.1 Å². The molecule has 0 fully saturated rings. The first-order valence-corrected chi connectivity index (χ1v) is 8.32. The molecule has 0 aliphatic heterocycles. The molecule has 26 heavy (non-hydrogen) atoms. The van der Waals surface area contributed by atoms with Crippen LogP contribution in [0.15, 0.2) is 42.6 Å². The van der Waals surface area contributed by atoms with Gasteiger partial charge in [0.05, 0.1) is 23.9 Å². The third kappa shape index (κ3) is 5.37. The van der Waals surface area contributed by atoms with Gasteiger partial charge in [-0.1, -0.05) is 24.3 Å². The fourth-order valence-corrected chi connectivity index (χ4v) is 2.46. The molecule has 0 saturated heterocycles. The second kappa shape index (κ2) is 9.07. The zero-order valence-corrected chi connectivity index (χ0v) is 14.8. The Morgan fingerprint density at radius 3 is 2.38 bits per heavy atom. The highest BCUT2D eigenvalue weighted by Gasteiger charge is 2.17. The van der Waals surface area contributed by atoms with Crippen LogP contribution in [0.2, 0.25) is 0 Å². The molecule has 2 rings (SSSR count). The Hall–Kier alpha value is -2.77. The van der Waals surface area contributed by atoms with E-state index in [9.17, 15) is 9.59 Å². The van der Waals surface area contributed by atoms with E-state index in [0.717, 1.165) is 11.1 Å². The molecular formula is C19H23N3O4. The molecule has 7 heteroatoms. The number of nitrogens with one attached hydrogen (secondary N) is 2. The van der Waals surface area contributed by atoms with Crippen molar-refractivity contribution in [2.24, 2.45) is 0 Å². The van der Waals surface area contributed by atoms with Crippen LogP contribution in [0.5, 0.6) is 0 Å². The number of nitrogens with zero attached hydrogens (tertiary/aromatic N) is 1. The number of amides is 1. The fraction of sp³-hybridized carbons (Fsp3) is 0.316. The number of aliphatic hydroxyl groups is 1. The maximum Gasteiger partial charge on any atom is 0.335 e. The summed E-state index contributed by atoms with van der Waals surface area (Å²) in [5, 5.41) is 24.0. The molecule has 138 valence electrons. The van der Waals surface area contributed by atoms with Crippen molar-refractivity contribution in [3.63, 3.8) is 0 Å². The minimum absolute atomic E-state index is 0.0113. The molecule has 7 nitrogen and oxygen atoms in total. The minimum Gasteiger partial charge on any atom is -0.478 e. The lowest BCUT2D eigenvalue weighted by Crippen LogP contribution is -2.43. The Labute approximate surface area is 152 Å². The highest BCUT2D eigenvalue weighted by Crippen LogP contribution is 2.12. The smallest absolute Gasteiger partial charge is 0.335 e. The molecule has 1 amide bonds. The molecule has 0 aliphatic rings. The van der Waals surface area contributed by atoms with Crippen molar-refractivity contribution in [1.29, 1.82) is 0 Å². The van der Waals surface area contributed by atoms with Crippen molar-refractivity contribution < 1.29 is 19.8 Å². The van der Waals surface area contributed by atoms with Crippen LogP contribution in [0.25, 0.3) is 0 Å². The second-order valence-corrected chi connectivity index (χ2v) is 6.08. The lowest BCUT2D eigenvalue weighted by atomic mass is 10.1. The van der Waals surface area contributed by atoms with Crippen molar-refractivity contribution in [3.8, 4) is 0 Å². The van der Waals surface area contributed by atoms with Gasteiger partial charge in [0.25, 0.3) is 0 Å². The monoisotopic (exact) mass is 357 g/mol. The zero-order valence-electron chi connectivity index (χ0n) is 14.8. The first-order valence-electron chi connectivity index (χ1n) is 8.32. The molecule has 2 atom stereocenters. The van der Waals surface area contributed by atoms with Crippen molar-refractivity contribution in [2.75, 3.05) is 0 Å². The van der Waals surface area contributed by atoms with Gasteiger partial charge in [-0.25, -0.2) is 4.79 Å². The van der Waals surface area contributed by atoms with Crippen LogP contribution in [0, 0.1) is 0 Å². The highest BCUT2D eigenvalue weighted by atomic mass is 16.4. The van der Waals surface area contributed by atoms with Gasteiger partial charge in [0.2, 0.25) is 5.91 Å². The Balaban J connectivity index is 1.89. The van der Waals surface area contributed by atoms with Crippen LogP contribution in [-0.2, 0) is 17.9 Å². The second-order valence-electron chi connectivity index (χ2n) is 6.08. The van der Waals surface area contributed by atoms with E-state index in [1.54, 1.807) is 6.92 Å². The third-order valence-electron chi connectivity index (χ3n) is 4.04. The quantitative estimate of drug-likeness (QED) is 0.571. The van der Waals surface area contributed by atoms with Crippen LogP contribution in [0.4, 0.5) is 0 Å². The van der Waals surface area contributed by atoms with Crippen LogP contribution in [0.1, 0.15) is 47.1 Å². The standard InChI is InChI=1S/C19H23N3O4/c1-12(17-9-16(19(25)26)7-8-20-17)22-13(2)18(24)21-10-14-3-5-15(11-23)6-4-14/h3-9,12-13,22-23H,10-11H2,1-2H3,(H,21,24)(H,25,26)/t12-,13?/m1/s1. The number of carboxylic acids is 1. The number of hydrogen-bond acceptors (Lipinski definition) is 5. The maximum atomic E-state index is 12.3. The normalized spacial score (nSPS) is 13.0. The Kier molecular flexibility index (Phi) is 6.82. The average molecular weight is 357 g/mol. The molecule has 0 radical (unpaired) electrons. The lowest BCUT2D eigenvalue weighted by molar-refractivity contribution is -0.123. The summed E-state index contributed by atoms with van der Waals surface area (Å²) in [5.41, 5.74) is 2.47. The maximum absolute atomic E-state index is 12.3. The zero-order chi connectivity index (χ0) is 19.1. The first kappa shape index (κ1) is 19.6. The summed E-state index contributed by atoms with van der Waals surface area (Å²) in [4.78, 5) is 27.5. The molecule has 2 aromatic rings. The molecule has 0 spiro atoms. The van der Waals surface area contributed by atoms with Crippen LogP contribution >= 0.6 is 0 Å². The number of aromatic nitrogens is 1. The van der Waals surface area contributed by atoms with Gasteiger partial charge in [-0.05, 0) is 37.1 Å². The van der Waals surface area contributed by atoms with Crippen LogP contribution in [0.3, 0.4) is 0 Å². The topological polar surface area (TPSA) is 112 Å². The number of aliphatic hydroxyl groups excluding tert-OH is 1. The number of pyridine rings is 1. The van der Waals surface area contributed by atoms with E-state index in [0.29, 0.717) is 12.2 Å². The Bertz CT molecular complexity index is 762. The largest absolute Gasteiger partial charge is 0.478 e. The van der Waals surface area contributed by atoms with Gasteiger partial charge in [0.15, 0.2) is 0 Å². The summed E-state index contributed by atoms with van der Waals surface area (Å²) in [7, 11) is 0. The summed E-state index contributed by atoms with van der Waals surface area (Å²) < 4.78 is 0. The van der Waals surface area contributed by atoms with Gasteiger partial charge in [0.1, 0.15) is 0 Å². The number of aromatic carboxylic acids is 1. The van der Waals surface area contributed by atoms with Crippen LogP contribution < -0.4 is 10.6 Å². The molecule has 4 N–H and O–H groups in total. The lowest BCUT2D eigenvalue weighted by Gasteiger charge is -2.19. The summed E-state index contributed by atoms with van der Waals surface area (Å²) in [6, 6.07) is 9.50. The predicted molar refractivity (Wildman–Crippen MR) is 96.4 cm³/mol. The molecule has 1 unspecified atom stereocenters. The van der Waals surface area contributed by atoms with Crippen molar-refractivity contribution >= 4 is 11.9 Å². The van der Waals surface area contributed by atoms with Crippen LogP contribution in [-0.4, -0.2) is 33.1 Å². The van der Waals surface area contributed by atoms with E-state index in [1.165, 1.54) is 18.3 Å². The molecule has 0 saturated carbocycles. The van der Waals surface area contributed by atoms with E-state index < -0.39 is 12.0 Å². The van der Waals surface area contributed by atoms with Crippen molar-refractivity contribution in [2.45, 2.75) is 39.1 Å². The summed E-state index contributed by atoms with van der Waals surface area (Å²) in [6.45, 7) is 3.94. The number of carboxylic acid groups (broad SMARTS) is 1. The molecular weight excluding hydrogens is 334 g/mol. The molecule has 1 aromatic carbocycles. The number of carbonyl (C=O) groups excluding carboxylic acids is 1. The van der Waals surface area contributed by atoms with Crippen molar-refractivity contribution in [3.05, 3.63) is 65.0 Å². The number of benzene rings is 1. The van der Waals surface area contributed by atoms with E-state index >= 15 is 0 Å². The predicted octanol–water partition coefficient (Wildman–Crippen LogP) is 1.63. The number of carbonyl (C=O) groups is 2. The third-order valence-corrected chi connectivity index (χ3v) is 4.04. The summed E-state index contributed by atoms with van der Waals surface area (Å²) >= 11 is 0. The molecule has 0 aliphatic carbocycles. The summed E-state index contributed by atoms with van der Waals surface area (Å²) in [6.07, 6.45) is 1.44. The van der Waals surface area contributed by atoms with Gasteiger partial charge in [-0.15, -0.1) is 0 Å². The minimum atomic E-state index is -1.01. The highest BCUT2D eigenvalue weighted by molar-refractivity contribution is 5.87. The van der Waals surface area contributed by atoms with E-state index in [4.69, 9.17) is 10.2 Å². The SMILES string of the molecule is CC(N[C@H](C)c1cc(C(=O)O)ccn1)C(=O)NCc1ccc(CO)cc1. The van der Waals surface area contributed by atoms with Gasteiger partial charge < -0.3 is 15.5 Å². The van der Waals surface area contributed by atoms with Gasteiger partial charge >= 0.3 is 5.97 Å².